The Morgan fingerprint density at radius 3 is 2.50 bits per heavy atom. The third kappa shape index (κ3) is 4.50. The van der Waals surface area contributed by atoms with Crippen molar-refractivity contribution in [3.05, 3.63) is 60.2 Å². The molecule has 30 heavy (non-hydrogen) atoms. The minimum absolute atomic E-state index is 0.105. The molecule has 1 saturated carbocycles. The number of nitrogens with zero attached hydrogens (tertiary/aromatic N) is 1. The molecule has 0 unspecified atom stereocenters. The summed E-state index contributed by atoms with van der Waals surface area (Å²) in [6.45, 7) is 7.33. The standard InChI is InChI=1S/C25H29NO4/c1-24(2)13-19-14-25(3,16-24)17-26(19)22(27)15-29-23(28)18-8-7-11-21(12-18)30-20-9-5-4-6-10-20/h4-12,19H,13-17H2,1-3H3/t19-,25-/m1/s1. The molecule has 0 radical (unpaired) electrons. The van der Waals surface area contributed by atoms with Gasteiger partial charge in [-0.25, -0.2) is 4.79 Å². The zero-order valence-corrected chi connectivity index (χ0v) is 17.9. The second-order valence-electron chi connectivity index (χ2n) is 9.75. The number of hydrogen-bond donors (Lipinski definition) is 0. The van der Waals surface area contributed by atoms with E-state index in [0.29, 0.717) is 17.1 Å². The van der Waals surface area contributed by atoms with Gasteiger partial charge in [-0.05, 0) is 60.4 Å². The van der Waals surface area contributed by atoms with Crippen LogP contribution in [0.15, 0.2) is 54.6 Å². The molecular formula is C25H29NO4. The van der Waals surface area contributed by atoms with Gasteiger partial charge in [-0.1, -0.05) is 45.0 Å². The Kier molecular flexibility index (Phi) is 5.31. The van der Waals surface area contributed by atoms with E-state index in [1.165, 1.54) is 0 Å². The van der Waals surface area contributed by atoms with Gasteiger partial charge in [-0.15, -0.1) is 0 Å². The molecule has 2 bridgehead atoms. The van der Waals surface area contributed by atoms with Crippen LogP contribution >= 0.6 is 0 Å². The summed E-state index contributed by atoms with van der Waals surface area (Å²) in [7, 11) is 0. The molecule has 0 N–H and O–H groups in total. The van der Waals surface area contributed by atoms with E-state index in [9.17, 15) is 9.59 Å². The highest BCUT2D eigenvalue weighted by Crippen LogP contribution is 2.52. The van der Waals surface area contributed by atoms with E-state index in [-0.39, 0.29) is 29.4 Å². The average Bonchev–Trinajstić information content (AvgIpc) is 2.95. The molecule has 1 aliphatic carbocycles. The molecule has 5 heteroatoms. The largest absolute Gasteiger partial charge is 0.457 e. The molecule has 1 saturated heterocycles. The van der Waals surface area contributed by atoms with Gasteiger partial charge in [0.15, 0.2) is 6.61 Å². The van der Waals surface area contributed by atoms with Crippen LogP contribution in [0.1, 0.15) is 50.4 Å². The molecule has 0 spiro atoms. The number of fused-ring (bicyclic) bond motifs is 2. The average molecular weight is 408 g/mol. The Morgan fingerprint density at radius 2 is 1.73 bits per heavy atom. The van der Waals surface area contributed by atoms with E-state index < -0.39 is 5.97 Å². The third-order valence-electron chi connectivity index (χ3n) is 6.11. The summed E-state index contributed by atoms with van der Waals surface area (Å²) in [5.74, 6) is 0.613. The molecule has 2 atom stereocenters. The van der Waals surface area contributed by atoms with Crippen LogP contribution < -0.4 is 4.74 Å². The fraction of sp³-hybridized carbons (Fsp3) is 0.440. The molecule has 5 nitrogen and oxygen atoms in total. The molecule has 0 aromatic heterocycles. The molecule has 2 aliphatic rings. The molecule has 1 heterocycles. The first kappa shape index (κ1) is 20.5. The van der Waals surface area contributed by atoms with E-state index in [1.54, 1.807) is 24.3 Å². The van der Waals surface area contributed by atoms with Crippen molar-refractivity contribution in [2.24, 2.45) is 10.8 Å². The predicted molar refractivity (Wildman–Crippen MR) is 114 cm³/mol. The Bertz CT molecular complexity index is 939. The second-order valence-corrected chi connectivity index (χ2v) is 9.75. The van der Waals surface area contributed by atoms with E-state index in [0.717, 1.165) is 25.8 Å². The number of amides is 1. The molecule has 4 rings (SSSR count). The minimum atomic E-state index is -0.518. The Balaban J connectivity index is 1.36. The number of carbonyl (C=O) groups is 2. The van der Waals surface area contributed by atoms with Crippen LogP contribution in [-0.4, -0.2) is 36.0 Å². The molecule has 2 fully saturated rings. The summed E-state index contributed by atoms with van der Waals surface area (Å²) in [4.78, 5) is 27.3. The lowest BCUT2D eigenvalue weighted by Gasteiger charge is -2.39. The van der Waals surface area contributed by atoms with Gasteiger partial charge in [0.2, 0.25) is 0 Å². The van der Waals surface area contributed by atoms with Crippen molar-refractivity contribution in [3.8, 4) is 11.5 Å². The molecular weight excluding hydrogens is 378 g/mol. The van der Waals surface area contributed by atoms with Crippen molar-refractivity contribution in [1.82, 2.24) is 4.90 Å². The highest BCUT2D eigenvalue weighted by atomic mass is 16.5. The zero-order valence-electron chi connectivity index (χ0n) is 17.9. The van der Waals surface area contributed by atoms with Crippen molar-refractivity contribution in [1.29, 1.82) is 0 Å². The summed E-state index contributed by atoms with van der Waals surface area (Å²) in [5.41, 5.74) is 0.766. The quantitative estimate of drug-likeness (QED) is 0.650. The maximum atomic E-state index is 12.8. The van der Waals surface area contributed by atoms with E-state index in [2.05, 4.69) is 20.8 Å². The smallest absolute Gasteiger partial charge is 0.338 e. The predicted octanol–water partition coefficient (Wildman–Crippen LogP) is 5.06. The van der Waals surface area contributed by atoms with Crippen LogP contribution in [0.3, 0.4) is 0 Å². The molecule has 1 aliphatic heterocycles. The zero-order chi connectivity index (χ0) is 21.4. The van der Waals surface area contributed by atoms with Gasteiger partial charge in [0, 0.05) is 12.6 Å². The first-order chi connectivity index (χ1) is 14.2. The fourth-order valence-corrected chi connectivity index (χ4v) is 5.36. The van der Waals surface area contributed by atoms with Crippen LogP contribution in [0.5, 0.6) is 11.5 Å². The van der Waals surface area contributed by atoms with Gasteiger partial charge in [0.1, 0.15) is 11.5 Å². The van der Waals surface area contributed by atoms with E-state index in [4.69, 9.17) is 9.47 Å². The van der Waals surface area contributed by atoms with Crippen LogP contribution in [0, 0.1) is 10.8 Å². The highest BCUT2D eigenvalue weighted by molar-refractivity contribution is 5.91. The van der Waals surface area contributed by atoms with Crippen LogP contribution in [0.25, 0.3) is 0 Å². The van der Waals surface area contributed by atoms with Gasteiger partial charge in [0.25, 0.3) is 5.91 Å². The SMILES string of the molecule is CC1(C)C[C@@H]2C[C@@](C)(CN2C(=O)COC(=O)c2cccc(Oc3ccccc3)c2)C1. The lowest BCUT2D eigenvalue weighted by Crippen LogP contribution is -2.39. The van der Waals surface area contributed by atoms with Gasteiger partial charge in [-0.2, -0.15) is 0 Å². The summed E-state index contributed by atoms with van der Waals surface area (Å²) in [6.07, 6.45) is 3.16. The minimum Gasteiger partial charge on any atom is -0.457 e. The molecule has 158 valence electrons. The summed E-state index contributed by atoms with van der Waals surface area (Å²) >= 11 is 0. The number of rotatable bonds is 5. The fourth-order valence-electron chi connectivity index (χ4n) is 5.36. The molecule has 2 aromatic carbocycles. The second kappa shape index (κ2) is 7.78. The van der Waals surface area contributed by atoms with Crippen molar-refractivity contribution in [3.63, 3.8) is 0 Å². The van der Waals surface area contributed by atoms with Crippen molar-refractivity contribution in [2.45, 2.75) is 46.1 Å². The van der Waals surface area contributed by atoms with Gasteiger partial charge >= 0.3 is 5.97 Å². The van der Waals surface area contributed by atoms with E-state index in [1.807, 2.05) is 35.2 Å². The first-order valence-corrected chi connectivity index (χ1v) is 10.5. The number of ether oxygens (including phenoxy) is 2. The van der Waals surface area contributed by atoms with Crippen molar-refractivity contribution < 1.29 is 19.1 Å². The van der Waals surface area contributed by atoms with Crippen molar-refractivity contribution in [2.75, 3.05) is 13.2 Å². The van der Waals surface area contributed by atoms with Gasteiger partial charge in [-0.3, -0.25) is 4.79 Å². The Hall–Kier alpha value is -2.82. The Labute approximate surface area is 178 Å². The lowest BCUT2D eigenvalue weighted by atomic mass is 9.65. The monoisotopic (exact) mass is 407 g/mol. The lowest BCUT2D eigenvalue weighted by molar-refractivity contribution is -0.135. The number of para-hydroxylation sites is 1. The highest BCUT2D eigenvalue weighted by Gasteiger charge is 2.50. The topological polar surface area (TPSA) is 55.8 Å². The van der Waals surface area contributed by atoms with Crippen LogP contribution in [0.2, 0.25) is 0 Å². The number of esters is 1. The maximum Gasteiger partial charge on any atom is 0.338 e. The van der Waals surface area contributed by atoms with Crippen LogP contribution in [0.4, 0.5) is 0 Å². The third-order valence-corrected chi connectivity index (χ3v) is 6.11. The first-order valence-electron chi connectivity index (χ1n) is 10.5. The number of likely N-dealkylation sites (tertiary alicyclic amines) is 1. The molecule has 2 aromatic rings. The Morgan fingerprint density at radius 1 is 1.00 bits per heavy atom. The van der Waals surface area contributed by atoms with Crippen molar-refractivity contribution >= 4 is 11.9 Å². The normalized spacial score (nSPS) is 24.4. The number of benzene rings is 2. The van der Waals surface area contributed by atoms with Gasteiger partial charge in [0.05, 0.1) is 5.56 Å². The maximum absolute atomic E-state index is 12.8. The number of carbonyl (C=O) groups excluding carboxylic acids is 2. The summed E-state index contributed by atoms with van der Waals surface area (Å²) in [5, 5.41) is 0. The summed E-state index contributed by atoms with van der Waals surface area (Å²) in [6, 6.07) is 16.4. The van der Waals surface area contributed by atoms with E-state index >= 15 is 0 Å². The summed E-state index contributed by atoms with van der Waals surface area (Å²) < 4.78 is 11.1. The molecule has 1 amide bonds. The van der Waals surface area contributed by atoms with Crippen LogP contribution in [-0.2, 0) is 9.53 Å². The van der Waals surface area contributed by atoms with Gasteiger partial charge < -0.3 is 14.4 Å². The number of hydrogen-bond acceptors (Lipinski definition) is 4.